The predicted octanol–water partition coefficient (Wildman–Crippen LogP) is 5.08. The van der Waals surface area contributed by atoms with E-state index in [0.717, 1.165) is 11.3 Å². The number of para-hydroxylation sites is 1. The van der Waals surface area contributed by atoms with Crippen LogP contribution in [0.4, 0.5) is 11.4 Å². The molecule has 10 nitrogen and oxygen atoms in total. The fraction of sp³-hybridized carbons (Fsp3) is 0.194. The summed E-state index contributed by atoms with van der Waals surface area (Å²) in [6.07, 6.45) is 0. The number of hydrogen-bond acceptors (Lipinski definition) is 9. The highest BCUT2D eigenvalue weighted by molar-refractivity contribution is 8.00. The van der Waals surface area contributed by atoms with Crippen LogP contribution in [0.25, 0.3) is 0 Å². The molecule has 0 spiro atoms. The Balaban J connectivity index is 1.28. The standard InChI is InChI=1S/C31H24ClN3O7S2/c1-2-41-30(39)16-8-11-18(12-9-16)33-22(36)15-42-21-13-10-17(32)14-20(21)23-24-26(43-27-25(23)44-31(40)34-27)29(38)35(28(24)37)19-6-4-3-5-7-19/h3-14,23-24,26H,2,15H2,1H3,(H,33,36)(H,34,40). The third-order valence-corrected chi connectivity index (χ3v) is 9.82. The smallest absolute Gasteiger partial charge is 0.338 e. The van der Waals surface area contributed by atoms with Crippen LogP contribution in [0.5, 0.6) is 5.75 Å². The Morgan fingerprint density at radius 1 is 1.00 bits per heavy atom. The third-order valence-electron chi connectivity index (χ3n) is 7.18. The van der Waals surface area contributed by atoms with Gasteiger partial charge in [-0.2, -0.15) is 0 Å². The zero-order valence-corrected chi connectivity index (χ0v) is 25.5. The largest absolute Gasteiger partial charge is 0.483 e. The van der Waals surface area contributed by atoms with Crippen LogP contribution in [0, 0.1) is 5.92 Å². The van der Waals surface area contributed by atoms with E-state index in [9.17, 15) is 24.0 Å². The first-order valence-corrected chi connectivity index (χ1v) is 15.6. The van der Waals surface area contributed by atoms with E-state index in [4.69, 9.17) is 21.1 Å². The number of thiazole rings is 1. The van der Waals surface area contributed by atoms with Crippen molar-refractivity contribution < 1.29 is 28.7 Å². The first-order valence-electron chi connectivity index (χ1n) is 13.6. The number of thioether (sulfide) groups is 1. The van der Waals surface area contributed by atoms with Crippen LogP contribution >= 0.6 is 34.7 Å². The molecule has 4 aromatic rings. The van der Waals surface area contributed by atoms with Crippen molar-refractivity contribution in [3.63, 3.8) is 0 Å². The average Bonchev–Trinajstić information content (AvgIpc) is 3.51. The summed E-state index contributed by atoms with van der Waals surface area (Å²) in [5.41, 5.74) is 1.75. The number of H-pyrrole nitrogens is 1. The Labute approximate surface area is 264 Å². The molecule has 6 rings (SSSR count). The fourth-order valence-corrected chi connectivity index (χ4v) is 8.01. The van der Waals surface area contributed by atoms with Crippen LogP contribution in [-0.4, -0.2) is 47.1 Å². The molecule has 0 saturated carbocycles. The van der Waals surface area contributed by atoms with Crippen molar-refractivity contribution >= 4 is 69.8 Å². The minimum Gasteiger partial charge on any atom is -0.483 e. The van der Waals surface area contributed by atoms with Gasteiger partial charge < -0.3 is 19.8 Å². The maximum absolute atomic E-state index is 14.0. The van der Waals surface area contributed by atoms with Gasteiger partial charge in [-0.3, -0.25) is 19.2 Å². The Morgan fingerprint density at radius 2 is 1.75 bits per heavy atom. The molecule has 3 amide bonds. The van der Waals surface area contributed by atoms with Gasteiger partial charge in [0.2, 0.25) is 11.8 Å². The summed E-state index contributed by atoms with van der Waals surface area (Å²) in [7, 11) is 0. The number of nitrogens with one attached hydrogen (secondary N) is 2. The number of carbonyl (C=O) groups is 4. The third kappa shape index (κ3) is 5.63. The van der Waals surface area contributed by atoms with E-state index in [1.54, 1.807) is 79.7 Å². The van der Waals surface area contributed by atoms with Gasteiger partial charge in [-0.25, -0.2) is 9.69 Å². The lowest BCUT2D eigenvalue weighted by Gasteiger charge is -2.31. The van der Waals surface area contributed by atoms with Gasteiger partial charge in [-0.1, -0.05) is 52.9 Å². The van der Waals surface area contributed by atoms with Crippen molar-refractivity contribution in [3.05, 3.63) is 103 Å². The van der Waals surface area contributed by atoms with Crippen LogP contribution < -0.4 is 19.8 Å². The maximum atomic E-state index is 14.0. The molecule has 2 N–H and O–H groups in total. The molecule has 1 aromatic heterocycles. The number of anilines is 2. The number of aromatic nitrogens is 1. The second-order valence-corrected chi connectivity index (χ2v) is 12.5. The Hall–Kier alpha value is -4.39. The number of rotatable bonds is 8. The van der Waals surface area contributed by atoms with E-state index in [1.165, 1.54) is 16.7 Å². The van der Waals surface area contributed by atoms with Crippen LogP contribution in [0.3, 0.4) is 0 Å². The minimum atomic E-state index is -0.848. The highest BCUT2D eigenvalue weighted by atomic mass is 35.5. The highest BCUT2D eigenvalue weighted by Crippen LogP contribution is 2.54. The number of esters is 1. The highest BCUT2D eigenvalue weighted by Gasteiger charge is 2.56. The molecule has 0 bridgehead atoms. The van der Waals surface area contributed by atoms with Crippen molar-refractivity contribution in [2.45, 2.75) is 23.1 Å². The normalized spacial score (nSPS) is 18.9. The van der Waals surface area contributed by atoms with Gasteiger partial charge in [0.05, 0.1) is 28.8 Å². The van der Waals surface area contributed by atoms with Gasteiger partial charge in [-0.15, -0.1) is 0 Å². The van der Waals surface area contributed by atoms with Crippen LogP contribution in [0.15, 0.2) is 82.6 Å². The lowest BCUT2D eigenvalue weighted by molar-refractivity contribution is -0.122. The second kappa shape index (κ2) is 12.3. The van der Waals surface area contributed by atoms with Crippen molar-refractivity contribution in [2.24, 2.45) is 5.92 Å². The van der Waals surface area contributed by atoms with Crippen molar-refractivity contribution in [1.82, 2.24) is 4.98 Å². The molecule has 0 aliphatic carbocycles. The second-order valence-electron chi connectivity index (χ2n) is 9.91. The molecule has 224 valence electrons. The molecule has 3 aromatic carbocycles. The van der Waals surface area contributed by atoms with Gasteiger partial charge in [0.15, 0.2) is 6.61 Å². The molecule has 3 heterocycles. The van der Waals surface area contributed by atoms with Gasteiger partial charge in [0, 0.05) is 27.1 Å². The number of carbonyl (C=O) groups excluding carboxylic acids is 4. The number of imide groups is 1. The summed E-state index contributed by atoms with van der Waals surface area (Å²) >= 11 is 8.56. The quantitative estimate of drug-likeness (QED) is 0.199. The summed E-state index contributed by atoms with van der Waals surface area (Å²) < 4.78 is 11.0. The molecule has 1 saturated heterocycles. The maximum Gasteiger partial charge on any atom is 0.338 e. The van der Waals surface area contributed by atoms with Gasteiger partial charge in [0.1, 0.15) is 11.0 Å². The molecule has 3 unspecified atom stereocenters. The fourth-order valence-electron chi connectivity index (χ4n) is 5.32. The number of nitrogens with zero attached hydrogens (tertiary/aromatic N) is 1. The number of benzene rings is 3. The van der Waals surface area contributed by atoms with Gasteiger partial charge >= 0.3 is 10.8 Å². The molecule has 2 aliphatic rings. The number of halogens is 1. The molecule has 2 aliphatic heterocycles. The number of ether oxygens (including phenoxy) is 2. The van der Waals surface area contributed by atoms with Crippen LogP contribution in [-0.2, 0) is 19.1 Å². The Kier molecular flexibility index (Phi) is 8.30. The molecule has 44 heavy (non-hydrogen) atoms. The minimum absolute atomic E-state index is 0.252. The average molecular weight is 650 g/mol. The Morgan fingerprint density at radius 3 is 2.48 bits per heavy atom. The molecule has 13 heteroatoms. The first-order chi connectivity index (χ1) is 21.2. The molecular formula is C31H24ClN3O7S2. The summed E-state index contributed by atoms with van der Waals surface area (Å²) in [4.78, 5) is 69.1. The molecule has 3 atom stereocenters. The summed E-state index contributed by atoms with van der Waals surface area (Å²) in [5, 5.41) is 2.79. The number of hydrogen-bond donors (Lipinski definition) is 2. The molecule has 1 fully saturated rings. The van der Waals surface area contributed by atoms with E-state index in [1.807, 2.05) is 0 Å². The summed E-state index contributed by atoms with van der Waals surface area (Å²) in [6, 6.07) is 19.8. The van der Waals surface area contributed by atoms with E-state index >= 15 is 0 Å². The van der Waals surface area contributed by atoms with Crippen molar-refractivity contribution in [2.75, 3.05) is 23.4 Å². The lowest BCUT2D eigenvalue weighted by atomic mass is 9.82. The van der Waals surface area contributed by atoms with Crippen LogP contribution in [0.2, 0.25) is 5.02 Å². The molecular weight excluding hydrogens is 626 g/mol. The molecule has 0 radical (unpaired) electrons. The van der Waals surface area contributed by atoms with E-state index in [0.29, 0.717) is 37.4 Å². The van der Waals surface area contributed by atoms with Crippen molar-refractivity contribution in [1.29, 1.82) is 0 Å². The zero-order chi connectivity index (χ0) is 31.0. The number of fused-ring (bicyclic) bond motifs is 2. The first kappa shape index (κ1) is 29.7. The van der Waals surface area contributed by atoms with E-state index in [-0.39, 0.29) is 29.7 Å². The topological polar surface area (TPSA) is 135 Å². The SMILES string of the molecule is CCOC(=O)c1ccc(NC(=O)COc2ccc(Cl)cc2C2c3sc(=O)[nH]c3SC3C(=O)N(c4ccccc4)C(=O)C32)cc1. The number of amides is 3. The van der Waals surface area contributed by atoms with E-state index in [2.05, 4.69) is 10.3 Å². The number of aromatic amines is 1. The zero-order valence-electron chi connectivity index (χ0n) is 23.1. The van der Waals surface area contributed by atoms with Crippen molar-refractivity contribution in [3.8, 4) is 5.75 Å². The summed E-state index contributed by atoms with van der Waals surface area (Å²) in [5.74, 6) is -3.01. The van der Waals surface area contributed by atoms with E-state index < -0.39 is 34.9 Å². The van der Waals surface area contributed by atoms with Gasteiger partial charge in [0.25, 0.3) is 5.91 Å². The van der Waals surface area contributed by atoms with Gasteiger partial charge in [-0.05, 0) is 61.5 Å². The Bertz CT molecular complexity index is 1820. The predicted molar refractivity (Wildman–Crippen MR) is 167 cm³/mol. The van der Waals surface area contributed by atoms with Crippen LogP contribution in [0.1, 0.15) is 33.6 Å². The monoisotopic (exact) mass is 649 g/mol. The lowest BCUT2D eigenvalue weighted by Crippen LogP contribution is -2.32. The summed E-state index contributed by atoms with van der Waals surface area (Å²) in [6.45, 7) is 1.58.